The summed E-state index contributed by atoms with van der Waals surface area (Å²) in [5.41, 5.74) is 0.486. The van der Waals surface area contributed by atoms with Gasteiger partial charge in [0.1, 0.15) is 11.3 Å². The number of hydrogen-bond donors (Lipinski definition) is 1. The normalized spacial score (nSPS) is 25.0. The van der Waals surface area contributed by atoms with Crippen molar-refractivity contribution < 1.29 is 27.5 Å². The number of carboxylic acids is 1. The van der Waals surface area contributed by atoms with Gasteiger partial charge in [-0.1, -0.05) is 56.7 Å². The number of rotatable bonds is 8. The molecule has 1 aromatic heterocycles. The molecule has 3 atom stereocenters. The van der Waals surface area contributed by atoms with E-state index in [1.54, 1.807) is 18.2 Å². The lowest BCUT2D eigenvalue weighted by atomic mass is 9.87. The maximum Gasteiger partial charge on any atom is 0.339 e. The Hall–Kier alpha value is -2.89. The average molecular weight is 624 g/mol. The molecule has 3 heterocycles. The van der Waals surface area contributed by atoms with Crippen molar-refractivity contribution in [2.24, 2.45) is 11.8 Å². The van der Waals surface area contributed by atoms with Gasteiger partial charge in [0, 0.05) is 68.0 Å². The molecule has 7 nitrogen and oxygen atoms in total. The monoisotopic (exact) mass is 623 g/mol. The largest absolute Gasteiger partial charge is 0.478 e. The predicted molar refractivity (Wildman–Crippen MR) is 159 cm³/mol. The molecular formula is C31H38ClF4N5O2. The lowest BCUT2D eigenvalue weighted by Crippen LogP contribution is -2.52. The van der Waals surface area contributed by atoms with Crippen LogP contribution in [0.1, 0.15) is 61.3 Å². The molecule has 43 heavy (non-hydrogen) atoms. The highest BCUT2D eigenvalue weighted by Gasteiger charge is 2.44. The van der Waals surface area contributed by atoms with Gasteiger partial charge in [-0.15, -0.1) is 0 Å². The second kappa shape index (κ2) is 12.6. The standard InChI is InChI=1S/C31H38ClF4N5O2/c1-19(2)16-38-8-10-39(11-9-38)26-7-4-21(12-20(26)3)24-6-5-22(32)13-27(24)40-17-23(14-31(35,36)18-40)41-28(29(33)34)25(15-37-41)30(42)43/h4-7,12-13,15,19-20,23,26,29H,8-11,14,16-18H2,1-3H3,(H,42,43). The van der Waals surface area contributed by atoms with Crippen molar-refractivity contribution in [3.8, 4) is 0 Å². The van der Waals surface area contributed by atoms with Crippen LogP contribution in [0.4, 0.5) is 23.2 Å². The number of carboxylic acid groups (broad SMARTS) is 1. The van der Waals surface area contributed by atoms with Gasteiger partial charge >= 0.3 is 5.97 Å². The van der Waals surface area contributed by atoms with Crippen molar-refractivity contribution in [3.63, 3.8) is 0 Å². The molecule has 5 rings (SSSR count). The summed E-state index contributed by atoms with van der Waals surface area (Å²) in [5, 5.41) is 13.5. The Labute approximate surface area is 254 Å². The van der Waals surface area contributed by atoms with Crippen LogP contribution in [0.25, 0.3) is 5.57 Å². The van der Waals surface area contributed by atoms with Crippen LogP contribution >= 0.6 is 11.6 Å². The first kappa shape index (κ1) is 31.5. The number of piperidine rings is 1. The first-order chi connectivity index (χ1) is 20.3. The van der Waals surface area contributed by atoms with E-state index in [0.717, 1.165) is 49.2 Å². The fourth-order valence-corrected chi connectivity index (χ4v) is 6.85. The number of benzene rings is 1. The molecule has 0 radical (unpaired) electrons. The summed E-state index contributed by atoms with van der Waals surface area (Å²) in [6.45, 7) is 11.0. The number of carbonyl (C=O) groups is 1. The molecule has 2 aromatic rings. The molecule has 12 heteroatoms. The molecule has 0 saturated carbocycles. The Morgan fingerprint density at radius 1 is 1.19 bits per heavy atom. The number of alkyl halides is 4. The number of hydrogen-bond acceptors (Lipinski definition) is 5. The molecule has 1 N–H and O–H groups in total. The van der Waals surface area contributed by atoms with E-state index >= 15 is 8.78 Å². The van der Waals surface area contributed by atoms with E-state index in [4.69, 9.17) is 11.6 Å². The summed E-state index contributed by atoms with van der Waals surface area (Å²) >= 11 is 6.36. The Morgan fingerprint density at radius 2 is 1.91 bits per heavy atom. The number of aromatic carboxylic acids is 1. The molecule has 2 saturated heterocycles. The predicted octanol–water partition coefficient (Wildman–Crippen LogP) is 6.49. The molecule has 1 aliphatic carbocycles. The van der Waals surface area contributed by atoms with Crippen molar-refractivity contribution in [3.05, 3.63) is 64.5 Å². The smallest absolute Gasteiger partial charge is 0.339 e. The van der Waals surface area contributed by atoms with Crippen LogP contribution in [-0.2, 0) is 0 Å². The SMILES string of the molecule is CC(C)CN1CCN(C2C=CC(c3ccc(Cl)cc3N3CC(n4ncc(C(=O)O)c4C(F)F)CC(F)(F)C3)=CC2C)CC1. The number of allylic oxidation sites excluding steroid dienone is 2. The fraction of sp³-hybridized carbons (Fsp3) is 0.548. The third-order valence-electron chi connectivity index (χ3n) is 8.52. The molecule has 1 aromatic carbocycles. The summed E-state index contributed by atoms with van der Waals surface area (Å²) < 4.78 is 59.0. The first-order valence-electron chi connectivity index (χ1n) is 14.7. The summed E-state index contributed by atoms with van der Waals surface area (Å²) in [7, 11) is 0. The minimum atomic E-state index is -3.25. The van der Waals surface area contributed by atoms with Gasteiger partial charge in [-0.25, -0.2) is 22.4 Å². The number of anilines is 1. The third-order valence-corrected chi connectivity index (χ3v) is 8.76. The highest BCUT2D eigenvalue weighted by atomic mass is 35.5. The molecule has 0 bridgehead atoms. The Bertz CT molecular complexity index is 1390. The summed E-state index contributed by atoms with van der Waals surface area (Å²) in [4.78, 5) is 18.0. The zero-order valence-corrected chi connectivity index (χ0v) is 25.3. The van der Waals surface area contributed by atoms with Gasteiger partial charge in [0.15, 0.2) is 0 Å². The zero-order valence-electron chi connectivity index (χ0n) is 24.6. The Balaban J connectivity index is 1.40. The van der Waals surface area contributed by atoms with Gasteiger partial charge in [-0.3, -0.25) is 9.58 Å². The van der Waals surface area contributed by atoms with E-state index in [1.165, 1.54) is 4.90 Å². The number of halogens is 5. The molecule has 0 spiro atoms. The maximum atomic E-state index is 15.2. The molecule has 2 aliphatic heterocycles. The topological polar surface area (TPSA) is 64.8 Å². The molecule has 2 fully saturated rings. The van der Waals surface area contributed by atoms with Gasteiger partial charge in [0.05, 0.1) is 18.8 Å². The van der Waals surface area contributed by atoms with Crippen LogP contribution in [-0.4, -0.2) is 88.4 Å². The van der Waals surface area contributed by atoms with Crippen LogP contribution in [0.15, 0.2) is 42.6 Å². The second-order valence-corrected chi connectivity index (χ2v) is 12.7. The average Bonchev–Trinajstić information content (AvgIpc) is 3.39. The van der Waals surface area contributed by atoms with Crippen LogP contribution in [0.5, 0.6) is 0 Å². The van der Waals surface area contributed by atoms with E-state index in [1.807, 2.05) is 6.08 Å². The lowest BCUT2D eigenvalue weighted by Gasteiger charge is -2.42. The molecule has 234 valence electrons. The Kier molecular flexibility index (Phi) is 9.25. The molecule has 0 amide bonds. The highest BCUT2D eigenvalue weighted by molar-refractivity contribution is 6.31. The Morgan fingerprint density at radius 3 is 2.53 bits per heavy atom. The van der Waals surface area contributed by atoms with Crippen LogP contribution in [0, 0.1) is 11.8 Å². The quantitative estimate of drug-likeness (QED) is 0.339. The molecular weight excluding hydrogens is 586 g/mol. The van der Waals surface area contributed by atoms with Crippen LogP contribution in [0.2, 0.25) is 5.02 Å². The van der Waals surface area contributed by atoms with Gasteiger partial charge in [-0.2, -0.15) is 5.10 Å². The van der Waals surface area contributed by atoms with Crippen molar-refractivity contribution >= 4 is 28.8 Å². The maximum absolute atomic E-state index is 15.2. The van der Waals surface area contributed by atoms with Gasteiger partial charge < -0.3 is 14.9 Å². The number of nitrogens with zero attached hydrogens (tertiary/aromatic N) is 5. The van der Waals surface area contributed by atoms with Crippen molar-refractivity contribution in [1.82, 2.24) is 19.6 Å². The zero-order chi connectivity index (χ0) is 31.1. The molecule has 3 aliphatic rings. The third kappa shape index (κ3) is 6.94. The highest BCUT2D eigenvalue weighted by Crippen LogP contribution is 2.41. The minimum absolute atomic E-state index is 0.0702. The summed E-state index contributed by atoms with van der Waals surface area (Å²) in [5.74, 6) is -4.03. The van der Waals surface area contributed by atoms with Crippen molar-refractivity contribution in [1.29, 1.82) is 0 Å². The second-order valence-electron chi connectivity index (χ2n) is 12.3. The number of aromatic nitrogens is 2. The van der Waals surface area contributed by atoms with Gasteiger partial charge in [0.2, 0.25) is 0 Å². The van der Waals surface area contributed by atoms with Crippen molar-refractivity contribution in [2.75, 3.05) is 50.7 Å². The number of piperazine rings is 1. The van der Waals surface area contributed by atoms with E-state index < -0.39 is 48.6 Å². The van der Waals surface area contributed by atoms with E-state index in [0.29, 0.717) is 22.2 Å². The van der Waals surface area contributed by atoms with Gasteiger partial charge in [0.25, 0.3) is 12.3 Å². The van der Waals surface area contributed by atoms with E-state index in [-0.39, 0.29) is 18.5 Å². The van der Waals surface area contributed by atoms with E-state index in [2.05, 4.69) is 47.8 Å². The van der Waals surface area contributed by atoms with E-state index in [9.17, 15) is 18.7 Å². The van der Waals surface area contributed by atoms with Gasteiger partial charge in [-0.05, 0) is 29.5 Å². The minimum Gasteiger partial charge on any atom is -0.478 e. The van der Waals surface area contributed by atoms with Crippen LogP contribution < -0.4 is 4.90 Å². The van der Waals surface area contributed by atoms with Crippen molar-refractivity contribution in [2.45, 2.75) is 51.6 Å². The first-order valence-corrected chi connectivity index (χ1v) is 15.1. The summed E-state index contributed by atoms with van der Waals surface area (Å²) in [6, 6.07) is 4.17. The lowest BCUT2D eigenvalue weighted by molar-refractivity contribution is -0.0299. The molecule has 3 unspecified atom stereocenters. The fourth-order valence-electron chi connectivity index (χ4n) is 6.68. The van der Waals surface area contributed by atoms with Crippen LogP contribution in [0.3, 0.4) is 0 Å². The summed E-state index contributed by atoms with van der Waals surface area (Å²) in [6.07, 6.45) is 3.22.